The summed E-state index contributed by atoms with van der Waals surface area (Å²) in [6.45, 7) is 0.422. The van der Waals surface area contributed by atoms with Crippen LogP contribution in [0.15, 0.2) is 48.5 Å². The first-order valence-electron chi connectivity index (χ1n) is 12.2. The van der Waals surface area contributed by atoms with Gasteiger partial charge in [0.2, 0.25) is 5.82 Å². The van der Waals surface area contributed by atoms with Crippen molar-refractivity contribution in [1.29, 1.82) is 5.26 Å². The summed E-state index contributed by atoms with van der Waals surface area (Å²) in [5, 5.41) is 8.92. The summed E-state index contributed by atoms with van der Waals surface area (Å²) in [7, 11) is 2.91. The smallest absolute Gasteiger partial charge is 0.451 e. The van der Waals surface area contributed by atoms with Crippen molar-refractivity contribution in [1.82, 2.24) is 9.97 Å². The topological polar surface area (TPSA) is 88.3 Å². The van der Waals surface area contributed by atoms with E-state index in [0.29, 0.717) is 61.3 Å². The van der Waals surface area contributed by atoms with Gasteiger partial charge in [0.1, 0.15) is 5.82 Å². The number of hydrogen-bond donors (Lipinski definition) is 0. The monoisotopic (exact) mass is 524 g/mol. The van der Waals surface area contributed by atoms with E-state index in [1.165, 1.54) is 20.3 Å². The first-order valence-corrected chi connectivity index (χ1v) is 12.2. The molecule has 7 nitrogen and oxygen atoms in total. The van der Waals surface area contributed by atoms with Gasteiger partial charge in [-0.3, -0.25) is 4.79 Å². The number of benzene rings is 2. The molecule has 2 heterocycles. The molecule has 3 aromatic rings. The predicted octanol–water partition coefficient (Wildman–Crippen LogP) is 5.61. The van der Waals surface area contributed by atoms with E-state index in [1.807, 2.05) is 12.1 Å². The average Bonchev–Trinajstić information content (AvgIpc) is 3.42. The summed E-state index contributed by atoms with van der Waals surface area (Å²) in [6, 6.07) is 15.0. The number of hydrogen-bond acceptors (Lipinski definition) is 7. The van der Waals surface area contributed by atoms with E-state index in [0.717, 1.165) is 5.56 Å². The van der Waals surface area contributed by atoms with Crippen LogP contribution in [-0.2, 0) is 17.4 Å². The lowest BCUT2D eigenvalue weighted by Crippen LogP contribution is -2.37. The van der Waals surface area contributed by atoms with Gasteiger partial charge < -0.3 is 14.4 Å². The van der Waals surface area contributed by atoms with Crippen LogP contribution in [0.3, 0.4) is 0 Å². The molecule has 38 heavy (non-hydrogen) atoms. The van der Waals surface area contributed by atoms with Crippen molar-refractivity contribution in [2.45, 2.75) is 44.3 Å². The molecule has 1 atom stereocenters. The number of carbonyl (C=O) groups is 1. The second-order valence-corrected chi connectivity index (χ2v) is 8.98. The molecule has 0 aliphatic carbocycles. The number of anilines is 1. The molecule has 1 fully saturated rings. The zero-order chi connectivity index (χ0) is 27.3. The molecular formula is C28H27F3N4O3. The van der Waals surface area contributed by atoms with Crippen LogP contribution in [0, 0.1) is 11.3 Å². The second-order valence-electron chi connectivity index (χ2n) is 8.98. The molecule has 0 spiro atoms. The number of aromatic nitrogens is 2. The average molecular weight is 525 g/mol. The highest BCUT2D eigenvalue weighted by molar-refractivity contribution is 5.87. The third-order valence-electron chi connectivity index (χ3n) is 6.54. The summed E-state index contributed by atoms with van der Waals surface area (Å²) in [5.74, 6) is -0.433. The number of methoxy groups -OCH3 is 2. The van der Waals surface area contributed by atoms with Crippen molar-refractivity contribution < 1.29 is 27.4 Å². The minimum Gasteiger partial charge on any atom is -0.493 e. The third kappa shape index (κ3) is 6.05. The second kappa shape index (κ2) is 11.5. The molecule has 4 rings (SSSR count). The number of Topliss-reactive ketones (excluding diaryl/α,β-unsaturated/α-hetero) is 1. The lowest BCUT2D eigenvalue weighted by atomic mass is 10.0. The van der Waals surface area contributed by atoms with Gasteiger partial charge in [-0.15, -0.1) is 0 Å². The van der Waals surface area contributed by atoms with Crippen LogP contribution in [0.4, 0.5) is 19.0 Å². The maximum Gasteiger partial charge on any atom is 0.451 e. The largest absolute Gasteiger partial charge is 0.493 e. The Kier molecular flexibility index (Phi) is 8.15. The van der Waals surface area contributed by atoms with E-state index in [2.05, 4.69) is 16.0 Å². The first kappa shape index (κ1) is 26.9. The van der Waals surface area contributed by atoms with Gasteiger partial charge in [0, 0.05) is 24.6 Å². The highest BCUT2D eigenvalue weighted by Gasteiger charge is 2.38. The molecule has 1 saturated heterocycles. The van der Waals surface area contributed by atoms with Crippen molar-refractivity contribution in [2.75, 3.05) is 25.7 Å². The van der Waals surface area contributed by atoms with Gasteiger partial charge in [-0.25, -0.2) is 9.97 Å². The molecule has 0 N–H and O–H groups in total. The molecule has 1 aliphatic rings. The normalized spacial score (nSPS) is 15.3. The van der Waals surface area contributed by atoms with Crippen LogP contribution in [0.25, 0.3) is 11.3 Å². The molecule has 0 saturated carbocycles. The summed E-state index contributed by atoms with van der Waals surface area (Å²) in [4.78, 5) is 22.4. The van der Waals surface area contributed by atoms with Crippen LogP contribution in [0.1, 0.15) is 42.6 Å². The van der Waals surface area contributed by atoms with E-state index >= 15 is 0 Å². The van der Waals surface area contributed by atoms with Crippen molar-refractivity contribution in [3.8, 4) is 28.8 Å². The van der Waals surface area contributed by atoms with Gasteiger partial charge >= 0.3 is 6.18 Å². The third-order valence-corrected chi connectivity index (χ3v) is 6.54. The fourth-order valence-electron chi connectivity index (χ4n) is 4.61. The Labute approximate surface area is 218 Å². The molecule has 1 aliphatic heterocycles. The minimum absolute atomic E-state index is 0.0315. The van der Waals surface area contributed by atoms with Gasteiger partial charge in [0.05, 0.1) is 37.6 Å². The van der Waals surface area contributed by atoms with Gasteiger partial charge in [-0.05, 0) is 61.6 Å². The molecule has 0 bridgehead atoms. The molecule has 0 amide bonds. The molecule has 198 valence electrons. The summed E-state index contributed by atoms with van der Waals surface area (Å²) in [5.41, 5.74) is 2.07. The van der Waals surface area contributed by atoms with E-state index in [-0.39, 0.29) is 17.3 Å². The molecule has 1 aromatic heterocycles. The van der Waals surface area contributed by atoms with Crippen molar-refractivity contribution in [3.05, 3.63) is 65.5 Å². The van der Waals surface area contributed by atoms with Crippen LogP contribution < -0.4 is 14.4 Å². The van der Waals surface area contributed by atoms with Gasteiger partial charge in [0.25, 0.3) is 0 Å². The fraction of sp³-hybridized carbons (Fsp3) is 0.357. The Hall–Kier alpha value is -4.13. The van der Waals surface area contributed by atoms with Crippen molar-refractivity contribution >= 4 is 11.6 Å². The number of ether oxygens (including phenoxy) is 2. The lowest BCUT2D eigenvalue weighted by Gasteiger charge is -2.26. The number of aryl methyl sites for hydroxylation is 1. The Morgan fingerprint density at radius 3 is 2.47 bits per heavy atom. The zero-order valence-electron chi connectivity index (χ0n) is 21.1. The van der Waals surface area contributed by atoms with Crippen molar-refractivity contribution in [2.24, 2.45) is 0 Å². The standard InChI is InChI=1S/C28H27F3N4O3/c1-37-24-13-12-20(15-25(24)38-2)21-16-26(34-27(33-21)28(29,30)31)35-14-4-6-22(35)23(36)7-3-5-18-8-10-19(17-32)11-9-18/h8-13,15-16,22H,3-7,14H2,1-2H3/t22-/m0/s1. The molecule has 10 heteroatoms. The maximum absolute atomic E-state index is 13.8. The van der Waals surface area contributed by atoms with E-state index in [4.69, 9.17) is 14.7 Å². The summed E-state index contributed by atoms with van der Waals surface area (Å²) < 4.78 is 51.8. The molecule has 2 aromatic carbocycles. The summed E-state index contributed by atoms with van der Waals surface area (Å²) in [6.07, 6.45) is -1.98. The molecule has 0 radical (unpaired) electrons. The minimum atomic E-state index is -4.76. The Morgan fingerprint density at radius 2 is 1.82 bits per heavy atom. The van der Waals surface area contributed by atoms with Crippen LogP contribution in [-0.4, -0.2) is 42.6 Å². The number of alkyl halides is 3. The van der Waals surface area contributed by atoms with Crippen LogP contribution >= 0.6 is 0 Å². The predicted molar refractivity (Wildman–Crippen MR) is 135 cm³/mol. The van der Waals surface area contributed by atoms with Crippen LogP contribution in [0.2, 0.25) is 0 Å². The Balaban J connectivity index is 1.56. The van der Waals surface area contributed by atoms with Gasteiger partial charge in [-0.1, -0.05) is 12.1 Å². The van der Waals surface area contributed by atoms with E-state index in [1.54, 1.807) is 35.2 Å². The van der Waals surface area contributed by atoms with Gasteiger partial charge in [-0.2, -0.15) is 18.4 Å². The van der Waals surface area contributed by atoms with E-state index in [9.17, 15) is 18.0 Å². The fourth-order valence-corrected chi connectivity index (χ4v) is 4.61. The highest BCUT2D eigenvalue weighted by Crippen LogP contribution is 2.36. The maximum atomic E-state index is 13.8. The SMILES string of the molecule is COc1ccc(-c2cc(N3CCC[C@H]3C(=O)CCCc3ccc(C#N)cc3)nc(C(F)(F)F)n2)cc1OC. The quantitative estimate of drug-likeness (QED) is 0.359. The lowest BCUT2D eigenvalue weighted by molar-refractivity contribution is -0.144. The number of ketones is 1. The first-order chi connectivity index (χ1) is 18.2. The number of nitriles is 1. The Morgan fingerprint density at radius 1 is 1.08 bits per heavy atom. The molecule has 0 unspecified atom stereocenters. The van der Waals surface area contributed by atoms with Crippen LogP contribution in [0.5, 0.6) is 11.5 Å². The summed E-state index contributed by atoms with van der Waals surface area (Å²) >= 11 is 0. The van der Waals surface area contributed by atoms with Crippen molar-refractivity contribution in [3.63, 3.8) is 0 Å². The van der Waals surface area contributed by atoms with E-state index < -0.39 is 18.0 Å². The number of halogens is 3. The van der Waals surface area contributed by atoms with Gasteiger partial charge in [0.15, 0.2) is 17.3 Å². The highest BCUT2D eigenvalue weighted by atomic mass is 19.4. The number of carbonyl (C=O) groups excluding carboxylic acids is 1. The molecular weight excluding hydrogens is 497 g/mol. The number of nitrogens with zero attached hydrogens (tertiary/aromatic N) is 4. The zero-order valence-corrected chi connectivity index (χ0v) is 21.1. The Bertz CT molecular complexity index is 1340. The number of rotatable bonds is 9.